The van der Waals surface area contributed by atoms with E-state index in [1.807, 2.05) is 0 Å². The maximum absolute atomic E-state index is 14.1. The quantitative estimate of drug-likeness (QED) is 0.571. The number of carbonyl (C=O) groups is 1. The predicted molar refractivity (Wildman–Crippen MR) is 94.1 cm³/mol. The molecular weight excluding hydrogens is 408 g/mol. The number of hydrogen-bond donors (Lipinski definition) is 0. The number of halogens is 4. The Hall–Kier alpha value is -2.02. The number of nitrogens with zero attached hydrogens (tertiary/aromatic N) is 1. The molecule has 1 aromatic heterocycles. The van der Waals surface area contributed by atoms with Crippen molar-refractivity contribution < 1.29 is 23.6 Å². The molecule has 0 fully saturated rings. The van der Waals surface area contributed by atoms with Crippen molar-refractivity contribution in [1.82, 2.24) is 5.16 Å². The van der Waals surface area contributed by atoms with E-state index < -0.39 is 17.9 Å². The molecule has 0 radical (unpaired) electrons. The van der Waals surface area contributed by atoms with Crippen LogP contribution in [0.25, 0.3) is 22.2 Å². The van der Waals surface area contributed by atoms with Gasteiger partial charge in [-0.3, -0.25) is 0 Å². The van der Waals surface area contributed by atoms with Crippen LogP contribution in [0.3, 0.4) is 0 Å². The van der Waals surface area contributed by atoms with E-state index in [0.29, 0.717) is 0 Å². The van der Waals surface area contributed by atoms with E-state index in [4.69, 9.17) is 44.1 Å². The molecule has 0 aliphatic rings. The number of rotatable bonds is 5. The number of hydrogen-bond acceptors (Lipinski definition) is 5. The number of benzene rings is 2. The minimum atomic E-state index is -1.43. The zero-order valence-electron chi connectivity index (χ0n) is 13.2. The number of carboxylic acids is 1. The Balaban J connectivity index is 2.22. The number of fused-ring (bicyclic) bond motifs is 1. The van der Waals surface area contributed by atoms with Crippen LogP contribution in [0.1, 0.15) is 13.3 Å². The zero-order valence-corrected chi connectivity index (χ0v) is 15.5. The maximum atomic E-state index is 14.1. The molecule has 0 amide bonds. The normalized spacial score (nSPS) is 12.3. The summed E-state index contributed by atoms with van der Waals surface area (Å²) in [4.78, 5) is 11.1. The summed E-state index contributed by atoms with van der Waals surface area (Å²) in [5.74, 6) is -2.13. The minimum Gasteiger partial charge on any atom is -0.546 e. The van der Waals surface area contributed by atoms with Crippen LogP contribution in [0.5, 0.6) is 5.75 Å². The van der Waals surface area contributed by atoms with E-state index in [2.05, 4.69) is 5.16 Å². The summed E-state index contributed by atoms with van der Waals surface area (Å²) in [6.07, 6.45) is -1.17. The average Bonchev–Trinajstić information content (AvgIpc) is 3.05. The number of ether oxygens (including phenoxy) is 1. The summed E-state index contributed by atoms with van der Waals surface area (Å²) in [6.45, 7) is 1.59. The third kappa shape index (κ3) is 3.09. The molecule has 0 saturated heterocycles. The molecule has 2 aromatic carbocycles. The first-order valence-corrected chi connectivity index (χ1v) is 8.58. The maximum Gasteiger partial charge on any atom is 0.191 e. The summed E-state index contributed by atoms with van der Waals surface area (Å²) in [7, 11) is 0. The molecule has 0 bridgehead atoms. The summed E-state index contributed by atoms with van der Waals surface area (Å²) in [6, 6.07) is 5.91. The smallest absolute Gasteiger partial charge is 0.191 e. The highest BCUT2D eigenvalue weighted by Crippen LogP contribution is 2.48. The molecule has 3 aromatic rings. The number of aromatic nitrogens is 1. The van der Waals surface area contributed by atoms with Crippen molar-refractivity contribution in [3.05, 3.63) is 45.2 Å². The number of carboxylic acid groups (broad SMARTS) is 1. The molecule has 1 atom stereocenters. The second kappa shape index (κ2) is 7.31. The lowest BCUT2D eigenvalue weighted by molar-refractivity contribution is -0.313. The molecule has 0 aliphatic carbocycles. The van der Waals surface area contributed by atoms with E-state index in [-0.39, 0.29) is 49.5 Å². The SMILES string of the molecule is CCC(Oc1c(Cl)c(Cl)c2c(-c3ccccc3F)noc2c1Cl)C(=O)[O-]. The second-order valence-electron chi connectivity index (χ2n) is 5.32. The molecule has 136 valence electrons. The van der Waals surface area contributed by atoms with Crippen LogP contribution in [0.4, 0.5) is 4.39 Å². The van der Waals surface area contributed by atoms with Crippen molar-refractivity contribution in [3.8, 4) is 17.0 Å². The Morgan fingerprint density at radius 1 is 1.27 bits per heavy atom. The average molecular weight is 418 g/mol. The number of carbonyl (C=O) groups excluding carboxylic acids is 1. The highest BCUT2D eigenvalue weighted by molar-refractivity contribution is 6.49. The Kier molecular flexibility index (Phi) is 5.27. The summed E-state index contributed by atoms with van der Waals surface area (Å²) >= 11 is 18.8. The molecule has 0 N–H and O–H groups in total. The van der Waals surface area contributed by atoms with Crippen LogP contribution in [0, 0.1) is 5.82 Å². The van der Waals surface area contributed by atoms with Gasteiger partial charge < -0.3 is 19.2 Å². The second-order valence-corrected chi connectivity index (χ2v) is 6.45. The Labute approximate surface area is 162 Å². The monoisotopic (exact) mass is 416 g/mol. The minimum absolute atomic E-state index is 0.00233. The molecule has 0 aliphatic heterocycles. The van der Waals surface area contributed by atoms with Gasteiger partial charge in [-0.05, 0) is 18.6 Å². The third-order valence-corrected chi connectivity index (χ3v) is 4.90. The molecule has 1 heterocycles. The fraction of sp³-hybridized carbons (Fsp3) is 0.176. The van der Waals surface area contributed by atoms with Crippen LogP contribution >= 0.6 is 34.8 Å². The first kappa shape index (κ1) is 18.8. The van der Waals surface area contributed by atoms with Crippen LogP contribution in [0.2, 0.25) is 15.1 Å². The van der Waals surface area contributed by atoms with Crippen molar-refractivity contribution in [2.45, 2.75) is 19.4 Å². The van der Waals surface area contributed by atoms with Gasteiger partial charge in [-0.15, -0.1) is 0 Å². The molecule has 0 saturated carbocycles. The lowest BCUT2D eigenvalue weighted by atomic mass is 10.1. The molecule has 9 heteroatoms. The largest absolute Gasteiger partial charge is 0.546 e. The summed E-state index contributed by atoms with van der Waals surface area (Å²) in [5.41, 5.74) is 0.267. The first-order chi connectivity index (χ1) is 12.4. The van der Waals surface area contributed by atoms with Gasteiger partial charge in [-0.1, -0.05) is 59.0 Å². The van der Waals surface area contributed by atoms with Crippen LogP contribution in [-0.2, 0) is 4.79 Å². The van der Waals surface area contributed by atoms with Gasteiger partial charge in [0.15, 0.2) is 11.3 Å². The molecule has 3 rings (SSSR count). The van der Waals surface area contributed by atoms with Gasteiger partial charge >= 0.3 is 0 Å². The highest BCUT2D eigenvalue weighted by atomic mass is 35.5. The van der Waals surface area contributed by atoms with Crippen molar-refractivity contribution in [2.75, 3.05) is 0 Å². The Morgan fingerprint density at radius 3 is 2.58 bits per heavy atom. The van der Waals surface area contributed by atoms with E-state index in [1.165, 1.54) is 18.2 Å². The van der Waals surface area contributed by atoms with Crippen molar-refractivity contribution in [1.29, 1.82) is 0 Å². The highest BCUT2D eigenvalue weighted by Gasteiger charge is 2.27. The van der Waals surface area contributed by atoms with Gasteiger partial charge in [0.25, 0.3) is 0 Å². The number of aliphatic carboxylic acids is 1. The summed E-state index contributed by atoms with van der Waals surface area (Å²) < 4.78 is 24.7. The Bertz CT molecular complexity index is 1010. The van der Waals surface area contributed by atoms with Gasteiger partial charge in [0.05, 0.1) is 16.4 Å². The third-order valence-electron chi connectivity index (χ3n) is 3.73. The van der Waals surface area contributed by atoms with Gasteiger partial charge in [-0.2, -0.15) is 0 Å². The molecule has 5 nitrogen and oxygen atoms in total. The predicted octanol–water partition coefficient (Wildman–Crippen LogP) is 4.50. The molecule has 0 spiro atoms. The van der Waals surface area contributed by atoms with Crippen molar-refractivity contribution in [2.24, 2.45) is 0 Å². The van der Waals surface area contributed by atoms with Gasteiger partial charge in [0.1, 0.15) is 27.7 Å². The van der Waals surface area contributed by atoms with Crippen LogP contribution in [-0.4, -0.2) is 17.2 Å². The fourth-order valence-electron chi connectivity index (χ4n) is 2.43. The first-order valence-electron chi connectivity index (χ1n) is 7.45. The lowest BCUT2D eigenvalue weighted by Gasteiger charge is -2.20. The molecule has 1 unspecified atom stereocenters. The standard InChI is InChI=1S/C17H11Cl3FNO4/c1-2-9(17(23)24)25-16-12(19)11(18)10-14(22-26-15(10)13(16)20)7-5-3-4-6-8(7)21/h3-6,9H,2H2,1H3,(H,23,24)/p-1. The van der Waals surface area contributed by atoms with Gasteiger partial charge in [-0.25, -0.2) is 4.39 Å². The Morgan fingerprint density at radius 2 is 1.96 bits per heavy atom. The van der Waals surface area contributed by atoms with E-state index >= 15 is 0 Å². The topological polar surface area (TPSA) is 75.4 Å². The van der Waals surface area contributed by atoms with E-state index in [0.717, 1.165) is 0 Å². The van der Waals surface area contributed by atoms with Gasteiger partial charge in [0.2, 0.25) is 0 Å². The van der Waals surface area contributed by atoms with Gasteiger partial charge in [0, 0.05) is 5.56 Å². The van der Waals surface area contributed by atoms with Crippen molar-refractivity contribution >= 4 is 51.7 Å². The van der Waals surface area contributed by atoms with Crippen molar-refractivity contribution in [3.63, 3.8) is 0 Å². The lowest BCUT2D eigenvalue weighted by Crippen LogP contribution is -2.39. The summed E-state index contributed by atoms with van der Waals surface area (Å²) in [5, 5.41) is 14.8. The zero-order chi connectivity index (χ0) is 19.0. The molecular formula is C17H10Cl3FNO4-. The van der Waals surface area contributed by atoms with Crippen LogP contribution < -0.4 is 9.84 Å². The van der Waals surface area contributed by atoms with Crippen LogP contribution in [0.15, 0.2) is 28.8 Å². The fourth-order valence-corrected chi connectivity index (χ4v) is 3.24. The molecule has 26 heavy (non-hydrogen) atoms. The van der Waals surface area contributed by atoms with E-state index in [9.17, 15) is 14.3 Å². The van der Waals surface area contributed by atoms with E-state index in [1.54, 1.807) is 13.0 Å².